The Labute approximate surface area is 123 Å². The van der Waals surface area contributed by atoms with E-state index in [9.17, 15) is 9.18 Å². The van der Waals surface area contributed by atoms with Gasteiger partial charge in [-0.05, 0) is 37.5 Å². The van der Waals surface area contributed by atoms with Crippen molar-refractivity contribution in [1.29, 1.82) is 0 Å². The van der Waals surface area contributed by atoms with Gasteiger partial charge in [0.05, 0.1) is 18.4 Å². The molecule has 0 aliphatic carbocycles. The molecule has 21 heavy (non-hydrogen) atoms. The number of anilines is 1. The molecule has 1 unspecified atom stereocenters. The fourth-order valence-electron chi connectivity index (χ4n) is 2.14. The van der Waals surface area contributed by atoms with Gasteiger partial charge in [0.15, 0.2) is 0 Å². The molecule has 0 bridgehead atoms. The molecule has 0 radical (unpaired) electrons. The number of nitrogens with one attached hydrogen (secondary N) is 1. The van der Waals surface area contributed by atoms with Crippen LogP contribution in [0, 0.1) is 5.82 Å². The van der Waals surface area contributed by atoms with Crippen LogP contribution in [0.2, 0.25) is 0 Å². The fraction of sp³-hybridized carbons (Fsp3) is 0.533. The Bertz CT molecular complexity index is 476. The van der Waals surface area contributed by atoms with Crippen LogP contribution in [-0.4, -0.2) is 38.4 Å². The van der Waals surface area contributed by atoms with E-state index in [-0.39, 0.29) is 23.3 Å². The third-order valence-corrected chi connectivity index (χ3v) is 3.34. The number of benzene rings is 1. The first-order chi connectivity index (χ1) is 10.2. The van der Waals surface area contributed by atoms with Crippen molar-refractivity contribution in [3.63, 3.8) is 0 Å². The maximum absolute atomic E-state index is 13.2. The van der Waals surface area contributed by atoms with Crippen molar-refractivity contribution in [2.45, 2.75) is 25.4 Å². The van der Waals surface area contributed by atoms with Crippen LogP contribution < -0.4 is 11.1 Å². The molecule has 1 aliphatic rings. The first-order valence-corrected chi connectivity index (χ1v) is 7.19. The van der Waals surface area contributed by atoms with E-state index in [1.165, 1.54) is 12.1 Å². The molecule has 1 aliphatic heterocycles. The van der Waals surface area contributed by atoms with E-state index >= 15 is 0 Å². The van der Waals surface area contributed by atoms with Crippen LogP contribution in [-0.2, 0) is 9.47 Å². The Kier molecular flexibility index (Phi) is 5.95. The van der Waals surface area contributed by atoms with Crippen molar-refractivity contribution in [1.82, 2.24) is 5.32 Å². The monoisotopic (exact) mass is 296 g/mol. The number of hydrogen-bond acceptors (Lipinski definition) is 4. The van der Waals surface area contributed by atoms with Gasteiger partial charge in [0.1, 0.15) is 5.82 Å². The van der Waals surface area contributed by atoms with Crippen molar-refractivity contribution < 1.29 is 18.7 Å². The summed E-state index contributed by atoms with van der Waals surface area (Å²) in [6.45, 7) is 2.48. The lowest BCUT2D eigenvalue weighted by Gasteiger charge is -2.10. The average molecular weight is 296 g/mol. The highest BCUT2D eigenvalue weighted by Crippen LogP contribution is 2.12. The number of nitrogen functional groups attached to an aromatic ring is 1. The molecular weight excluding hydrogens is 275 g/mol. The van der Waals surface area contributed by atoms with Crippen molar-refractivity contribution in [2.75, 3.05) is 32.1 Å². The number of carbonyl (C=O) groups is 1. The van der Waals surface area contributed by atoms with Gasteiger partial charge in [0.25, 0.3) is 5.91 Å². The molecular formula is C15H21FN2O3. The molecule has 5 nitrogen and oxygen atoms in total. The largest absolute Gasteiger partial charge is 0.396 e. The third-order valence-electron chi connectivity index (χ3n) is 3.34. The summed E-state index contributed by atoms with van der Waals surface area (Å²) < 4.78 is 24.2. The van der Waals surface area contributed by atoms with Crippen LogP contribution in [0.25, 0.3) is 0 Å². The molecule has 1 saturated heterocycles. The minimum atomic E-state index is -0.581. The maximum atomic E-state index is 13.2. The number of amides is 1. The van der Waals surface area contributed by atoms with Crippen LogP contribution >= 0.6 is 0 Å². The van der Waals surface area contributed by atoms with Crippen molar-refractivity contribution in [2.24, 2.45) is 0 Å². The van der Waals surface area contributed by atoms with Crippen molar-refractivity contribution >= 4 is 11.6 Å². The Morgan fingerprint density at radius 2 is 2.38 bits per heavy atom. The molecule has 0 aromatic heterocycles. The summed E-state index contributed by atoms with van der Waals surface area (Å²) in [7, 11) is 0. The molecule has 1 fully saturated rings. The molecule has 3 N–H and O–H groups in total. The molecule has 1 aromatic carbocycles. The molecule has 1 aromatic rings. The molecule has 1 atom stereocenters. The molecule has 1 amide bonds. The quantitative estimate of drug-likeness (QED) is 0.593. The summed E-state index contributed by atoms with van der Waals surface area (Å²) in [6, 6.07) is 4.02. The van der Waals surface area contributed by atoms with Gasteiger partial charge in [-0.3, -0.25) is 4.79 Å². The van der Waals surface area contributed by atoms with Gasteiger partial charge < -0.3 is 20.5 Å². The number of ether oxygens (including phenoxy) is 2. The fourth-order valence-corrected chi connectivity index (χ4v) is 2.14. The van der Waals surface area contributed by atoms with E-state index in [2.05, 4.69) is 5.32 Å². The molecule has 1 heterocycles. The third kappa shape index (κ3) is 4.99. The van der Waals surface area contributed by atoms with E-state index in [1.54, 1.807) is 0 Å². The smallest absolute Gasteiger partial charge is 0.251 e. The summed E-state index contributed by atoms with van der Waals surface area (Å²) in [5, 5.41) is 2.72. The highest BCUT2D eigenvalue weighted by molar-refractivity contribution is 5.94. The zero-order chi connectivity index (χ0) is 15.1. The van der Waals surface area contributed by atoms with Crippen LogP contribution in [0.15, 0.2) is 18.2 Å². The van der Waals surface area contributed by atoms with Crippen molar-refractivity contribution in [3.8, 4) is 0 Å². The second-order valence-electron chi connectivity index (χ2n) is 5.06. The number of halogens is 1. The highest BCUT2D eigenvalue weighted by atomic mass is 19.1. The van der Waals surface area contributed by atoms with E-state index in [4.69, 9.17) is 15.2 Å². The van der Waals surface area contributed by atoms with E-state index < -0.39 is 5.82 Å². The Balaban J connectivity index is 1.59. The molecule has 116 valence electrons. The van der Waals surface area contributed by atoms with Crippen LogP contribution in [0.3, 0.4) is 0 Å². The van der Waals surface area contributed by atoms with Gasteiger partial charge in [-0.2, -0.15) is 0 Å². The predicted molar refractivity (Wildman–Crippen MR) is 77.6 cm³/mol. The van der Waals surface area contributed by atoms with Gasteiger partial charge in [0, 0.05) is 25.3 Å². The number of rotatable bonds is 7. The van der Waals surface area contributed by atoms with Gasteiger partial charge >= 0.3 is 0 Å². The van der Waals surface area contributed by atoms with Crippen LogP contribution in [0.4, 0.5) is 10.1 Å². The number of carbonyl (C=O) groups excluding carboxylic acids is 1. The highest BCUT2D eigenvalue weighted by Gasteiger charge is 2.15. The maximum Gasteiger partial charge on any atom is 0.251 e. The number of nitrogens with two attached hydrogens (primary N) is 1. The lowest BCUT2D eigenvalue weighted by atomic mass is 10.2. The van der Waals surface area contributed by atoms with Gasteiger partial charge in [-0.25, -0.2) is 4.39 Å². The van der Waals surface area contributed by atoms with Crippen LogP contribution in [0.1, 0.15) is 29.6 Å². The zero-order valence-electron chi connectivity index (χ0n) is 11.9. The SMILES string of the molecule is Nc1ccc(C(=O)NCCCOCC2CCCO2)cc1F. The molecule has 6 heteroatoms. The first-order valence-electron chi connectivity index (χ1n) is 7.19. The van der Waals surface area contributed by atoms with Crippen LogP contribution in [0.5, 0.6) is 0 Å². The zero-order valence-corrected chi connectivity index (χ0v) is 11.9. The van der Waals surface area contributed by atoms with E-state index in [1.807, 2.05) is 0 Å². The molecule has 2 rings (SSSR count). The lowest BCUT2D eigenvalue weighted by Crippen LogP contribution is -2.25. The summed E-state index contributed by atoms with van der Waals surface area (Å²) in [4.78, 5) is 11.8. The second-order valence-corrected chi connectivity index (χ2v) is 5.06. The van der Waals surface area contributed by atoms with E-state index in [0.717, 1.165) is 25.5 Å². The Morgan fingerprint density at radius 3 is 3.10 bits per heavy atom. The van der Waals surface area contributed by atoms with Gasteiger partial charge in [-0.1, -0.05) is 0 Å². The average Bonchev–Trinajstić information content (AvgIpc) is 2.98. The standard InChI is InChI=1S/C15H21FN2O3/c16-13-9-11(4-5-14(13)17)15(19)18-6-2-7-20-10-12-3-1-8-21-12/h4-5,9,12H,1-3,6-8,10,17H2,(H,18,19). The van der Waals surface area contributed by atoms with E-state index in [0.29, 0.717) is 26.2 Å². The summed E-state index contributed by atoms with van der Waals surface area (Å²) in [5.41, 5.74) is 5.66. The molecule has 0 saturated carbocycles. The first kappa shape index (κ1) is 15.7. The Hall–Kier alpha value is -1.66. The summed E-state index contributed by atoms with van der Waals surface area (Å²) in [6.07, 6.45) is 3.08. The minimum Gasteiger partial charge on any atom is -0.396 e. The second kappa shape index (κ2) is 7.95. The lowest BCUT2D eigenvalue weighted by molar-refractivity contribution is 0.0166. The summed E-state index contributed by atoms with van der Waals surface area (Å²) >= 11 is 0. The normalized spacial score (nSPS) is 17.9. The minimum absolute atomic E-state index is 0.0362. The van der Waals surface area contributed by atoms with Gasteiger partial charge in [-0.15, -0.1) is 0 Å². The Morgan fingerprint density at radius 1 is 1.52 bits per heavy atom. The summed E-state index contributed by atoms with van der Waals surface area (Å²) in [5.74, 6) is -0.893. The molecule has 0 spiro atoms. The number of hydrogen-bond donors (Lipinski definition) is 2. The topological polar surface area (TPSA) is 73.6 Å². The van der Waals surface area contributed by atoms with Gasteiger partial charge in [0.2, 0.25) is 0 Å². The predicted octanol–water partition coefficient (Wildman–Crippen LogP) is 1.72. The van der Waals surface area contributed by atoms with Crippen molar-refractivity contribution in [3.05, 3.63) is 29.6 Å².